The molecule has 1 aliphatic heterocycles. The number of aliphatic carboxylic acids is 2. The van der Waals surface area contributed by atoms with Crippen LogP contribution in [0.5, 0.6) is 0 Å². The lowest BCUT2D eigenvalue weighted by Gasteiger charge is -2.58. The maximum Gasteiger partial charge on any atom is 0.312 e. The van der Waals surface area contributed by atoms with Gasteiger partial charge in [-0.25, -0.2) is 8.78 Å². The molecule has 1 saturated heterocycles. The Bertz CT molecular complexity index is 806. The average molecular weight is 438 g/mol. The molecule has 5 unspecified atom stereocenters. The number of rotatable bonds is 5. The molecule has 0 radical (unpaired) electrons. The molecule has 5 nitrogen and oxygen atoms in total. The van der Waals surface area contributed by atoms with Gasteiger partial charge in [-0.05, 0) is 31.9 Å². The van der Waals surface area contributed by atoms with Crippen molar-refractivity contribution in [3.05, 3.63) is 33.6 Å². The molecule has 1 aromatic carbocycles. The number of benzene rings is 1. The standard InChI is InChI=1S/C19H23Cl2F2NO4/c1-8(2)19(17(27)28)9(3)24-12(7-22)18(4,16(25)26)15(19)13-11(23)6-5-10(20)14(13)21/h5-6,8-9,12,15,24H,7H2,1-4H3,(H,25,26)(H,27,28). The van der Waals surface area contributed by atoms with Gasteiger partial charge < -0.3 is 15.5 Å². The number of alkyl halides is 1. The van der Waals surface area contributed by atoms with Crippen molar-refractivity contribution in [1.82, 2.24) is 5.32 Å². The smallest absolute Gasteiger partial charge is 0.312 e. The molecule has 1 aliphatic rings. The summed E-state index contributed by atoms with van der Waals surface area (Å²) in [4.78, 5) is 25.0. The largest absolute Gasteiger partial charge is 0.481 e. The number of carbonyl (C=O) groups is 2. The van der Waals surface area contributed by atoms with Gasteiger partial charge in [0, 0.05) is 17.5 Å². The lowest BCUT2D eigenvalue weighted by atomic mass is 9.49. The predicted octanol–water partition coefficient (Wildman–Crippen LogP) is 4.36. The van der Waals surface area contributed by atoms with Crippen LogP contribution in [0.3, 0.4) is 0 Å². The first-order valence-corrected chi connectivity index (χ1v) is 9.56. The fraction of sp³-hybridized carbons (Fsp3) is 0.579. The molecule has 3 N–H and O–H groups in total. The van der Waals surface area contributed by atoms with Crippen molar-refractivity contribution in [2.75, 3.05) is 6.67 Å². The Hall–Kier alpha value is -1.44. The van der Waals surface area contributed by atoms with Crippen molar-refractivity contribution in [2.24, 2.45) is 16.7 Å². The molecule has 0 saturated carbocycles. The van der Waals surface area contributed by atoms with E-state index in [0.717, 1.165) is 6.07 Å². The van der Waals surface area contributed by atoms with Gasteiger partial charge in [0.1, 0.15) is 12.5 Å². The zero-order chi connectivity index (χ0) is 21.6. The molecule has 2 rings (SSSR count). The Balaban J connectivity index is 3.04. The molecule has 0 aromatic heterocycles. The quantitative estimate of drug-likeness (QED) is 0.595. The van der Waals surface area contributed by atoms with Crippen LogP contribution in [0.25, 0.3) is 0 Å². The molecular weight excluding hydrogens is 415 g/mol. The summed E-state index contributed by atoms with van der Waals surface area (Å²) in [5.74, 6) is -5.80. The molecule has 0 amide bonds. The van der Waals surface area contributed by atoms with E-state index in [9.17, 15) is 24.2 Å². The Kier molecular flexibility index (Phi) is 6.34. The van der Waals surface area contributed by atoms with Crippen molar-refractivity contribution < 1.29 is 28.6 Å². The topological polar surface area (TPSA) is 86.6 Å². The van der Waals surface area contributed by atoms with Crippen molar-refractivity contribution >= 4 is 35.1 Å². The van der Waals surface area contributed by atoms with E-state index in [4.69, 9.17) is 23.2 Å². The highest BCUT2D eigenvalue weighted by Crippen LogP contribution is 2.60. The highest BCUT2D eigenvalue weighted by molar-refractivity contribution is 6.42. The van der Waals surface area contributed by atoms with Crippen molar-refractivity contribution in [3.8, 4) is 0 Å². The molecule has 1 fully saturated rings. The number of hydrogen-bond acceptors (Lipinski definition) is 3. The van der Waals surface area contributed by atoms with Gasteiger partial charge in [0.05, 0.1) is 26.9 Å². The highest BCUT2D eigenvalue weighted by Gasteiger charge is 2.68. The summed E-state index contributed by atoms with van der Waals surface area (Å²) in [5, 5.41) is 22.8. The molecule has 0 spiro atoms. The first kappa shape index (κ1) is 22.8. The summed E-state index contributed by atoms with van der Waals surface area (Å²) >= 11 is 12.3. The van der Waals surface area contributed by atoms with E-state index in [1.807, 2.05) is 0 Å². The van der Waals surface area contributed by atoms with Gasteiger partial charge in [-0.2, -0.15) is 0 Å². The lowest BCUT2D eigenvalue weighted by molar-refractivity contribution is -0.176. The van der Waals surface area contributed by atoms with Gasteiger partial charge >= 0.3 is 11.9 Å². The molecule has 5 atom stereocenters. The van der Waals surface area contributed by atoms with Crippen LogP contribution >= 0.6 is 23.2 Å². The maximum absolute atomic E-state index is 15.0. The van der Waals surface area contributed by atoms with E-state index in [2.05, 4.69) is 5.32 Å². The van der Waals surface area contributed by atoms with Crippen LogP contribution in [-0.4, -0.2) is 40.9 Å². The summed E-state index contributed by atoms with van der Waals surface area (Å²) < 4.78 is 28.9. The van der Waals surface area contributed by atoms with E-state index in [1.165, 1.54) is 19.9 Å². The van der Waals surface area contributed by atoms with Crippen LogP contribution in [0.1, 0.15) is 39.2 Å². The SMILES string of the molecule is CC(C)C1(C(=O)O)C(C)NC(CF)C(C)(C(=O)O)C1c1c(F)ccc(Cl)c1Cl. The predicted molar refractivity (Wildman–Crippen MR) is 102 cm³/mol. The van der Waals surface area contributed by atoms with E-state index >= 15 is 4.39 Å². The molecule has 1 heterocycles. The minimum atomic E-state index is -2.01. The minimum Gasteiger partial charge on any atom is -0.481 e. The van der Waals surface area contributed by atoms with Gasteiger partial charge in [-0.15, -0.1) is 0 Å². The van der Waals surface area contributed by atoms with E-state index in [1.54, 1.807) is 13.8 Å². The summed E-state index contributed by atoms with van der Waals surface area (Å²) in [7, 11) is 0. The number of piperidine rings is 1. The van der Waals surface area contributed by atoms with Gasteiger partial charge in [-0.1, -0.05) is 37.0 Å². The molecule has 28 heavy (non-hydrogen) atoms. The van der Waals surface area contributed by atoms with Crippen LogP contribution in [0.15, 0.2) is 12.1 Å². The first-order valence-electron chi connectivity index (χ1n) is 8.80. The first-order chi connectivity index (χ1) is 12.9. The third-order valence-corrected chi connectivity index (χ3v) is 7.10. The molecule has 156 valence electrons. The molecule has 1 aromatic rings. The van der Waals surface area contributed by atoms with Crippen LogP contribution in [0.4, 0.5) is 8.78 Å². The number of halogens is 4. The summed E-state index contributed by atoms with van der Waals surface area (Å²) in [6, 6.07) is 0.0782. The van der Waals surface area contributed by atoms with E-state index in [0.29, 0.717) is 0 Å². The summed E-state index contributed by atoms with van der Waals surface area (Å²) in [6.45, 7) is 4.88. The Labute approximate surface area is 172 Å². The molecule has 0 aliphatic carbocycles. The average Bonchev–Trinajstić information content (AvgIpc) is 2.60. The Morgan fingerprint density at radius 3 is 2.25 bits per heavy atom. The van der Waals surface area contributed by atoms with E-state index < -0.39 is 59.2 Å². The Morgan fingerprint density at radius 1 is 1.25 bits per heavy atom. The normalized spacial score (nSPS) is 33.1. The third kappa shape index (κ3) is 2.99. The monoisotopic (exact) mass is 437 g/mol. The van der Waals surface area contributed by atoms with Crippen LogP contribution in [-0.2, 0) is 9.59 Å². The van der Waals surface area contributed by atoms with Crippen molar-refractivity contribution in [1.29, 1.82) is 0 Å². The lowest BCUT2D eigenvalue weighted by Crippen LogP contribution is -2.71. The van der Waals surface area contributed by atoms with Gasteiger partial charge in [0.2, 0.25) is 0 Å². The minimum absolute atomic E-state index is 0.0446. The third-order valence-electron chi connectivity index (χ3n) is 6.28. The summed E-state index contributed by atoms with van der Waals surface area (Å²) in [6.07, 6.45) is 0. The van der Waals surface area contributed by atoms with Crippen LogP contribution < -0.4 is 5.32 Å². The fourth-order valence-electron chi connectivity index (χ4n) is 4.77. The summed E-state index contributed by atoms with van der Waals surface area (Å²) in [5.41, 5.74) is -4.13. The van der Waals surface area contributed by atoms with Crippen molar-refractivity contribution in [3.63, 3.8) is 0 Å². The van der Waals surface area contributed by atoms with Crippen molar-refractivity contribution in [2.45, 2.75) is 45.7 Å². The zero-order valence-electron chi connectivity index (χ0n) is 15.9. The molecule has 0 bridgehead atoms. The van der Waals surface area contributed by atoms with Crippen LogP contribution in [0.2, 0.25) is 10.0 Å². The highest BCUT2D eigenvalue weighted by atomic mass is 35.5. The second-order valence-corrected chi connectivity index (χ2v) is 8.55. The molecular formula is C19H23Cl2F2NO4. The maximum atomic E-state index is 15.0. The van der Waals surface area contributed by atoms with Crippen LogP contribution in [0, 0.1) is 22.6 Å². The van der Waals surface area contributed by atoms with Gasteiger partial charge in [-0.3, -0.25) is 9.59 Å². The second-order valence-electron chi connectivity index (χ2n) is 7.77. The second kappa shape index (κ2) is 7.76. The van der Waals surface area contributed by atoms with Gasteiger partial charge in [0.25, 0.3) is 0 Å². The molecule has 9 heteroatoms. The number of carboxylic acids is 2. The van der Waals surface area contributed by atoms with E-state index in [-0.39, 0.29) is 15.6 Å². The Morgan fingerprint density at radius 2 is 1.82 bits per heavy atom. The van der Waals surface area contributed by atoms with Gasteiger partial charge in [0.15, 0.2) is 0 Å². The zero-order valence-corrected chi connectivity index (χ0v) is 17.4. The number of carboxylic acid groups (broad SMARTS) is 2. The number of nitrogens with one attached hydrogen (secondary N) is 1. The number of hydrogen-bond donors (Lipinski definition) is 3. The fourth-order valence-corrected chi connectivity index (χ4v) is 5.20.